The molecule has 248 valence electrons. The number of nitrogens with one attached hydrogen (secondary N) is 3. The highest BCUT2D eigenvalue weighted by Gasteiger charge is 2.77. The number of amides is 1. The van der Waals surface area contributed by atoms with E-state index < -0.39 is 53.7 Å². The lowest BCUT2D eigenvalue weighted by Gasteiger charge is -2.30. The Hall–Kier alpha value is -4.97. The minimum Gasteiger partial charge on any atom is -0.399 e. The molecule has 1 aliphatic rings. The van der Waals surface area contributed by atoms with E-state index in [4.69, 9.17) is 5.73 Å². The number of hydrogen-bond donors (Lipinski definition) is 4. The number of nitrogen functional groups attached to an aromatic ring is 1. The predicted octanol–water partition coefficient (Wildman–Crippen LogP) is 4.75. The van der Waals surface area contributed by atoms with E-state index in [0.717, 1.165) is 29.0 Å². The summed E-state index contributed by atoms with van der Waals surface area (Å²) in [6.45, 7) is 2.52. The molecule has 0 atom stereocenters. The fraction of sp³-hybridized carbons (Fsp3) is 0.333. The minimum absolute atomic E-state index is 0.135. The number of carbonyl (C=O) groups excluding carboxylic acids is 1. The smallest absolute Gasteiger partial charge is 0.399 e. The molecular weight excluding hydrogens is 641 g/mol. The number of nitrogens with two attached hydrogens (primary N) is 1. The number of aromatic nitrogens is 2. The maximum absolute atomic E-state index is 13.4. The first-order valence-corrected chi connectivity index (χ1v) is 13.1. The molecule has 0 fully saturated rings. The Morgan fingerprint density at radius 2 is 1.63 bits per heavy atom. The summed E-state index contributed by atoms with van der Waals surface area (Å²) < 4.78 is 120. The maximum Gasteiger partial charge on any atom is 0.461 e. The van der Waals surface area contributed by atoms with Gasteiger partial charge in [-0.3, -0.25) is 14.2 Å². The zero-order valence-electron chi connectivity index (χ0n) is 23.7. The van der Waals surface area contributed by atoms with Crippen molar-refractivity contribution in [2.45, 2.75) is 57.2 Å². The van der Waals surface area contributed by atoms with Crippen molar-refractivity contribution in [1.29, 1.82) is 0 Å². The first-order chi connectivity index (χ1) is 21.2. The Balaban J connectivity index is 1.53. The third kappa shape index (κ3) is 6.96. The molecule has 10 nitrogen and oxygen atoms in total. The van der Waals surface area contributed by atoms with Gasteiger partial charge in [0, 0.05) is 29.4 Å². The van der Waals surface area contributed by atoms with E-state index in [2.05, 4.69) is 25.6 Å². The predicted molar refractivity (Wildman–Crippen MR) is 146 cm³/mol. The van der Waals surface area contributed by atoms with Gasteiger partial charge in [0.05, 0.1) is 17.5 Å². The Bertz CT molecular complexity index is 1680. The maximum atomic E-state index is 13.4. The van der Waals surface area contributed by atoms with Gasteiger partial charge in [-0.05, 0) is 37.6 Å². The fourth-order valence-corrected chi connectivity index (χ4v) is 4.25. The van der Waals surface area contributed by atoms with Gasteiger partial charge in [0.25, 0.3) is 5.56 Å². The molecule has 5 N–H and O–H groups in total. The molecule has 1 aliphatic heterocycles. The van der Waals surface area contributed by atoms with Gasteiger partial charge in [0.15, 0.2) is 11.7 Å². The van der Waals surface area contributed by atoms with Gasteiger partial charge in [-0.1, -0.05) is 29.4 Å². The van der Waals surface area contributed by atoms with Crippen LogP contribution in [-0.2, 0) is 28.9 Å². The van der Waals surface area contributed by atoms with E-state index in [9.17, 15) is 49.1 Å². The van der Waals surface area contributed by atoms with Gasteiger partial charge in [0.2, 0.25) is 5.91 Å². The summed E-state index contributed by atoms with van der Waals surface area (Å²) in [4.78, 5) is 33.9. The molecule has 1 amide bonds. The number of halogens is 9. The SMILES string of the molecule is CC(C)Nc1ncc(-c2cc(N)cc(C(F)(F)F)c2)n(CC(=O)NCc2ccc(C3=NOC(C(F)(F)F)(C(F)(F)F)N3)cc2)c1=O. The highest BCUT2D eigenvalue weighted by atomic mass is 19.4. The summed E-state index contributed by atoms with van der Waals surface area (Å²) in [6, 6.07) is 7.19. The van der Waals surface area contributed by atoms with Crippen molar-refractivity contribution >= 4 is 23.2 Å². The van der Waals surface area contributed by atoms with E-state index >= 15 is 0 Å². The highest BCUT2D eigenvalue weighted by Crippen LogP contribution is 2.46. The second-order valence-electron chi connectivity index (χ2n) is 10.3. The molecule has 0 unspecified atom stereocenters. The van der Waals surface area contributed by atoms with Crippen molar-refractivity contribution in [3.63, 3.8) is 0 Å². The van der Waals surface area contributed by atoms with Crippen LogP contribution < -0.4 is 27.2 Å². The normalized spacial score (nSPS) is 14.8. The minimum atomic E-state index is -5.89. The van der Waals surface area contributed by atoms with E-state index in [1.54, 1.807) is 13.8 Å². The van der Waals surface area contributed by atoms with Crippen LogP contribution in [0.3, 0.4) is 0 Å². The number of oxime groups is 1. The standard InChI is InChI=1S/C27H24F9N7O3/c1-13(2)40-22-23(45)43(19(11-39-22)16-7-17(24(28,29)30)9-18(37)8-16)12-20(44)38-10-14-3-5-15(6-4-14)21-41-25(46-42-21,26(31,32)33)27(34,35)36/h3-9,11,13H,10,12,37H2,1-2H3,(H,38,44)(H,39,40)(H,41,42). The monoisotopic (exact) mass is 665 g/mol. The van der Waals surface area contributed by atoms with Gasteiger partial charge < -0.3 is 26.5 Å². The van der Waals surface area contributed by atoms with Crippen molar-refractivity contribution < 1.29 is 49.1 Å². The molecule has 0 aliphatic carbocycles. The van der Waals surface area contributed by atoms with E-state index in [1.165, 1.54) is 23.5 Å². The Kier molecular flexibility index (Phi) is 8.91. The lowest BCUT2D eigenvalue weighted by atomic mass is 10.1. The van der Waals surface area contributed by atoms with Gasteiger partial charge >= 0.3 is 24.3 Å². The fourth-order valence-electron chi connectivity index (χ4n) is 4.25. The average molecular weight is 666 g/mol. The van der Waals surface area contributed by atoms with Crippen molar-refractivity contribution in [2.75, 3.05) is 11.1 Å². The number of amidine groups is 1. The molecular formula is C27H24F9N7O3. The summed E-state index contributed by atoms with van der Waals surface area (Å²) in [5.41, 5.74) is -1.34. The van der Waals surface area contributed by atoms with Crippen LogP contribution in [0.2, 0.25) is 0 Å². The van der Waals surface area contributed by atoms with E-state index in [1.807, 2.05) is 0 Å². The van der Waals surface area contributed by atoms with Crippen LogP contribution in [0.5, 0.6) is 0 Å². The first-order valence-electron chi connectivity index (χ1n) is 13.1. The zero-order chi connectivity index (χ0) is 34.2. The molecule has 0 radical (unpaired) electrons. The molecule has 0 saturated heterocycles. The van der Waals surface area contributed by atoms with Crippen LogP contribution in [0.1, 0.15) is 30.5 Å². The lowest BCUT2D eigenvalue weighted by Crippen LogP contribution is -2.65. The number of anilines is 2. The number of benzene rings is 2. The second kappa shape index (κ2) is 12.1. The van der Waals surface area contributed by atoms with Crippen LogP contribution in [0, 0.1) is 0 Å². The number of carbonyl (C=O) groups is 1. The summed E-state index contributed by atoms with van der Waals surface area (Å²) in [7, 11) is 0. The molecule has 19 heteroatoms. The van der Waals surface area contributed by atoms with Gasteiger partial charge in [0.1, 0.15) is 6.54 Å². The second-order valence-corrected chi connectivity index (χ2v) is 10.3. The number of alkyl halides is 9. The highest BCUT2D eigenvalue weighted by molar-refractivity contribution is 5.99. The molecule has 46 heavy (non-hydrogen) atoms. The average Bonchev–Trinajstić information content (AvgIpc) is 3.41. The summed E-state index contributed by atoms with van der Waals surface area (Å²) in [5.74, 6) is -1.78. The topological polar surface area (TPSA) is 136 Å². The molecule has 3 aromatic rings. The van der Waals surface area contributed by atoms with Gasteiger partial charge in [-0.25, -0.2) is 4.98 Å². The van der Waals surface area contributed by atoms with E-state index in [-0.39, 0.29) is 40.9 Å². The van der Waals surface area contributed by atoms with Crippen molar-refractivity contribution in [3.05, 3.63) is 75.7 Å². The number of hydrogen-bond acceptors (Lipinski definition) is 8. The molecule has 2 heterocycles. The molecule has 0 bridgehead atoms. The van der Waals surface area contributed by atoms with Crippen LogP contribution in [0.4, 0.5) is 51.0 Å². The number of rotatable bonds is 8. The molecule has 2 aromatic carbocycles. The summed E-state index contributed by atoms with van der Waals surface area (Å²) in [6.07, 6.45) is -15.4. The third-order valence-corrected chi connectivity index (χ3v) is 6.44. The Labute approximate surface area is 253 Å². The first kappa shape index (κ1) is 33.9. The summed E-state index contributed by atoms with van der Waals surface area (Å²) in [5, 5.41) is 9.45. The van der Waals surface area contributed by atoms with Crippen LogP contribution >= 0.6 is 0 Å². The van der Waals surface area contributed by atoms with Crippen LogP contribution in [-0.4, -0.2) is 45.4 Å². The number of nitrogens with zero attached hydrogens (tertiary/aromatic N) is 3. The van der Waals surface area contributed by atoms with Crippen molar-refractivity contribution in [3.8, 4) is 11.3 Å². The molecule has 0 spiro atoms. The molecule has 4 rings (SSSR count). The van der Waals surface area contributed by atoms with Crippen molar-refractivity contribution in [1.82, 2.24) is 20.2 Å². The largest absolute Gasteiger partial charge is 0.461 e. The summed E-state index contributed by atoms with van der Waals surface area (Å²) >= 11 is 0. The zero-order valence-corrected chi connectivity index (χ0v) is 23.7. The van der Waals surface area contributed by atoms with Crippen LogP contribution in [0.15, 0.2) is 58.6 Å². The molecule has 0 saturated carbocycles. The van der Waals surface area contributed by atoms with Gasteiger partial charge in [-0.15, -0.1) is 0 Å². The Morgan fingerprint density at radius 3 is 2.17 bits per heavy atom. The molecule has 1 aromatic heterocycles. The Morgan fingerprint density at radius 1 is 1.00 bits per heavy atom. The lowest BCUT2D eigenvalue weighted by molar-refractivity contribution is -0.381. The van der Waals surface area contributed by atoms with Crippen LogP contribution in [0.25, 0.3) is 11.3 Å². The third-order valence-electron chi connectivity index (χ3n) is 6.44. The van der Waals surface area contributed by atoms with E-state index in [0.29, 0.717) is 11.6 Å². The van der Waals surface area contributed by atoms with Crippen molar-refractivity contribution in [2.24, 2.45) is 5.16 Å². The van der Waals surface area contributed by atoms with Gasteiger partial charge in [-0.2, -0.15) is 39.5 Å². The quantitative estimate of drug-likeness (QED) is 0.202.